The normalized spacial score (nSPS) is 11.4. The largest absolute Gasteiger partial charge is 0.493 e. The summed E-state index contributed by atoms with van der Waals surface area (Å²) < 4.78 is 18.4. The van der Waals surface area contributed by atoms with E-state index in [9.17, 15) is 4.39 Å². The average molecular weight is 430 g/mol. The molecular formula is C25H23FN4O2. The van der Waals surface area contributed by atoms with E-state index in [1.165, 1.54) is 12.1 Å². The van der Waals surface area contributed by atoms with Gasteiger partial charge in [-0.25, -0.2) is 14.4 Å². The molecule has 0 aliphatic carbocycles. The smallest absolute Gasteiger partial charge is 0.141 e. The molecule has 1 heterocycles. The molecule has 0 fully saturated rings. The number of hydrogen-bond acceptors (Lipinski definition) is 6. The third kappa shape index (κ3) is 5.57. The standard InChI is InChI=1S/C25H23FN4O2/c1-18(30-32-16-4-15-31-22-13-9-20(26)10-14-22)19-7-11-21(12-8-19)29-25-23-5-2-3-6-24(23)27-17-28-25/h2-3,5-14,17H,4,15-16H2,1H3,(H,27,28,29). The first-order valence-corrected chi connectivity index (χ1v) is 10.3. The molecule has 0 atom stereocenters. The van der Waals surface area contributed by atoms with E-state index in [2.05, 4.69) is 20.4 Å². The maximum Gasteiger partial charge on any atom is 0.141 e. The molecule has 4 aromatic rings. The van der Waals surface area contributed by atoms with Gasteiger partial charge in [-0.05, 0) is 61.0 Å². The summed E-state index contributed by atoms with van der Waals surface area (Å²) in [5.74, 6) is 1.12. The maximum absolute atomic E-state index is 12.9. The first-order chi connectivity index (χ1) is 15.7. The van der Waals surface area contributed by atoms with E-state index in [1.807, 2.05) is 55.5 Å². The van der Waals surface area contributed by atoms with Gasteiger partial charge in [0.1, 0.15) is 30.3 Å². The Balaban J connectivity index is 1.26. The summed E-state index contributed by atoms with van der Waals surface area (Å²) in [6.45, 7) is 2.80. The van der Waals surface area contributed by atoms with Crippen LogP contribution in [0.1, 0.15) is 18.9 Å². The fourth-order valence-electron chi connectivity index (χ4n) is 3.08. The van der Waals surface area contributed by atoms with E-state index in [1.54, 1.807) is 18.5 Å². The van der Waals surface area contributed by atoms with E-state index < -0.39 is 0 Å². The predicted molar refractivity (Wildman–Crippen MR) is 124 cm³/mol. The lowest BCUT2D eigenvalue weighted by Gasteiger charge is -2.09. The zero-order chi connectivity index (χ0) is 22.2. The lowest BCUT2D eigenvalue weighted by Crippen LogP contribution is -2.03. The topological polar surface area (TPSA) is 68.6 Å². The molecule has 0 radical (unpaired) electrons. The van der Waals surface area contributed by atoms with Crippen molar-refractivity contribution in [1.82, 2.24) is 9.97 Å². The number of halogens is 1. The molecule has 162 valence electrons. The van der Waals surface area contributed by atoms with Crippen molar-refractivity contribution >= 4 is 28.1 Å². The number of fused-ring (bicyclic) bond motifs is 1. The molecule has 3 aromatic carbocycles. The van der Waals surface area contributed by atoms with Crippen LogP contribution in [0.3, 0.4) is 0 Å². The van der Waals surface area contributed by atoms with Gasteiger partial charge < -0.3 is 14.9 Å². The number of rotatable bonds is 9. The molecular weight excluding hydrogens is 407 g/mol. The molecule has 1 N–H and O–H groups in total. The Kier molecular flexibility index (Phi) is 6.87. The van der Waals surface area contributed by atoms with Gasteiger partial charge in [0.15, 0.2) is 0 Å². The number of oxime groups is 1. The third-order valence-electron chi connectivity index (χ3n) is 4.77. The predicted octanol–water partition coefficient (Wildman–Crippen LogP) is 5.72. The van der Waals surface area contributed by atoms with E-state index in [0.717, 1.165) is 33.7 Å². The quantitative estimate of drug-likeness (QED) is 0.209. The summed E-state index contributed by atoms with van der Waals surface area (Å²) in [4.78, 5) is 14.0. The second-order valence-corrected chi connectivity index (χ2v) is 7.11. The molecule has 0 bridgehead atoms. The number of nitrogens with one attached hydrogen (secondary N) is 1. The van der Waals surface area contributed by atoms with Gasteiger partial charge in [-0.15, -0.1) is 0 Å². The summed E-state index contributed by atoms with van der Waals surface area (Å²) in [6, 6.07) is 21.7. The second-order valence-electron chi connectivity index (χ2n) is 7.11. The molecule has 32 heavy (non-hydrogen) atoms. The minimum atomic E-state index is -0.281. The summed E-state index contributed by atoms with van der Waals surface area (Å²) in [5.41, 5.74) is 3.56. The molecule has 0 spiro atoms. The van der Waals surface area contributed by atoms with Gasteiger partial charge in [0, 0.05) is 17.5 Å². The zero-order valence-corrected chi connectivity index (χ0v) is 17.7. The molecule has 0 amide bonds. The first-order valence-electron chi connectivity index (χ1n) is 10.3. The molecule has 0 aliphatic rings. The zero-order valence-electron chi connectivity index (χ0n) is 17.7. The Hall–Kier alpha value is -4.00. The summed E-state index contributed by atoms with van der Waals surface area (Å²) in [5, 5.41) is 8.48. The molecule has 0 saturated carbocycles. The Morgan fingerprint density at radius 2 is 1.72 bits per heavy atom. The highest BCUT2D eigenvalue weighted by molar-refractivity contribution is 5.98. The fourth-order valence-corrected chi connectivity index (χ4v) is 3.08. The van der Waals surface area contributed by atoms with Crippen LogP contribution in [0.2, 0.25) is 0 Å². The van der Waals surface area contributed by atoms with Crippen LogP contribution < -0.4 is 10.1 Å². The highest BCUT2D eigenvalue weighted by Crippen LogP contribution is 2.23. The van der Waals surface area contributed by atoms with Crippen molar-refractivity contribution in [3.63, 3.8) is 0 Å². The SMILES string of the molecule is CC(=NOCCCOc1ccc(F)cc1)c1ccc(Nc2ncnc3ccccc23)cc1. The Bertz CT molecular complexity index is 1190. The van der Waals surface area contributed by atoms with Gasteiger partial charge in [-0.2, -0.15) is 0 Å². The minimum Gasteiger partial charge on any atom is -0.493 e. The summed E-state index contributed by atoms with van der Waals surface area (Å²) >= 11 is 0. The first kappa shape index (κ1) is 21.2. The summed E-state index contributed by atoms with van der Waals surface area (Å²) in [7, 11) is 0. The van der Waals surface area contributed by atoms with Crippen molar-refractivity contribution in [2.24, 2.45) is 5.16 Å². The van der Waals surface area contributed by atoms with E-state index >= 15 is 0 Å². The lowest BCUT2D eigenvalue weighted by molar-refractivity contribution is 0.127. The lowest BCUT2D eigenvalue weighted by atomic mass is 10.1. The monoisotopic (exact) mass is 430 g/mol. The van der Waals surface area contributed by atoms with Crippen LogP contribution in [0, 0.1) is 5.82 Å². The van der Waals surface area contributed by atoms with Crippen LogP contribution in [-0.2, 0) is 4.84 Å². The van der Waals surface area contributed by atoms with Crippen molar-refractivity contribution in [2.75, 3.05) is 18.5 Å². The Morgan fingerprint density at radius 3 is 2.53 bits per heavy atom. The second kappa shape index (κ2) is 10.3. The molecule has 7 heteroatoms. The number of hydrogen-bond donors (Lipinski definition) is 1. The van der Waals surface area contributed by atoms with Crippen LogP contribution in [-0.4, -0.2) is 28.9 Å². The van der Waals surface area contributed by atoms with Crippen LogP contribution in [0.15, 0.2) is 84.3 Å². The number of ether oxygens (including phenoxy) is 1. The number of para-hydroxylation sites is 1. The number of benzene rings is 3. The molecule has 0 aliphatic heterocycles. The van der Waals surface area contributed by atoms with Gasteiger partial charge >= 0.3 is 0 Å². The molecule has 4 rings (SSSR count). The number of anilines is 2. The van der Waals surface area contributed by atoms with Crippen molar-refractivity contribution in [3.05, 3.63) is 90.5 Å². The molecule has 0 unspecified atom stereocenters. The molecule has 6 nitrogen and oxygen atoms in total. The number of aromatic nitrogens is 2. The van der Waals surface area contributed by atoms with Gasteiger partial charge in [-0.3, -0.25) is 0 Å². The van der Waals surface area contributed by atoms with Crippen LogP contribution in [0.5, 0.6) is 5.75 Å². The third-order valence-corrected chi connectivity index (χ3v) is 4.77. The molecule has 1 aromatic heterocycles. The van der Waals surface area contributed by atoms with Crippen molar-refractivity contribution in [3.8, 4) is 5.75 Å². The number of nitrogens with zero attached hydrogens (tertiary/aromatic N) is 3. The van der Waals surface area contributed by atoms with Crippen molar-refractivity contribution in [1.29, 1.82) is 0 Å². The van der Waals surface area contributed by atoms with Crippen LogP contribution in [0.25, 0.3) is 10.9 Å². The van der Waals surface area contributed by atoms with Crippen molar-refractivity contribution < 1.29 is 14.0 Å². The summed E-state index contributed by atoms with van der Waals surface area (Å²) in [6.07, 6.45) is 2.22. The van der Waals surface area contributed by atoms with Crippen molar-refractivity contribution in [2.45, 2.75) is 13.3 Å². The van der Waals surface area contributed by atoms with Gasteiger partial charge in [0.25, 0.3) is 0 Å². The average Bonchev–Trinajstić information content (AvgIpc) is 2.83. The maximum atomic E-state index is 12.9. The van der Waals surface area contributed by atoms with Crippen LogP contribution in [0.4, 0.5) is 15.9 Å². The fraction of sp³-hybridized carbons (Fsp3) is 0.160. The Morgan fingerprint density at radius 1 is 0.938 bits per heavy atom. The van der Waals surface area contributed by atoms with Crippen LogP contribution >= 0.6 is 0 Å². The van der Waals surface area contributed by atoms with E-state index in [4.69, 9.17) is 9.57 Å². The van der Waals surface area contributed by atoms with E-state index in [0.29, 0.717) is 25.4 Å². The molecule has 0 saturated heterocycles. The Labute approximate surface area is 185 Å². The van der Waals surface area contributed by atoms with E-state index in [-0.39, 0.29) is 5.82 Å². The van der Waals surface area contributed by atoms with Gasteiger partial charge in [0.2, 0.25) is 0 Å². The minimum absolute atomic E-state index is 0.281. The van der Waals surface area contributed by atoms with Gasteiger partial charge in [-0.1, -0.05) is 29.4 Å². The van der Waals surface area contributed by atoms with Gasteiger partial charge in [0.05, 0.1) is 17.8 Å². The highest BCUT2D eigenvalue weighted by atomic mass is 19.1. The highest BCUT2D eigenvalue weighted by Gasteiger charge is 2.04.